The van der Waals surface area contributed by atoms with Crippen LogP contribution in [0.15, 0.2) is 0 Å². The first-order valence-corrected chi connectivity index (χ1v) is 6.26. The molecule has 0 radical (unpaired) electrons. The van der Waals surface area contributed by atoms with E-state index < -0.39 is 0 Å². The number of rotatable bonds is 5. The second-order valence-electron chi connectivity index (χ2n) is 4.80. The average molecular weight is 227 g/mol. The molecule has 1 amide bonds. The number of hydrogen-bond donors (Lipinski definition) is 1. The Morgan fingerprint density at radius 1 is 1.38 bits per heavy atom. The van der Waals surface area contributed by atoms with Crippen LogP contribution in [0.3, 0.4) is 0 Å². The zero-order valence-corrected chi connectivity index (χ0v) is 10.8. The van der Waals surface area contributed by atoms with Gasteiger partial charge in [0.05, 0.1) is 6.54 Å². The minimum Gasteiger partial charge on any atom is -0.348 e. The summed E-state index contributed by atoms with van der Waals surface area (Å²) in [4.78, 5) is 15.5. The number of piperidine rings is 1. The van der Waals surface area contributed by atoms with Gasteiger partial charge < -0.3 is 15.1 Å². The minimum atomic E-state index is 0.158. The van der Waals surface area contributed by atoms with Crippen LogP contribution in [0.5, 0.6) is 0 Å². The molecule has 1 saturated heterocycles. The summed E-state index contributed by atoms with van der Waals surface area (Å²) >= 11 is 0. The molecule has 1 rings (SSSR count). The Balaban J connectivity index is 2.08. The SMILES string of the molecule is CCN1CCC(CNCC(=O)N(C)C)CC1. The Morgan fingerprint density at radius 3 is 2.50 bits per heavy atom. The van der Waals surface area contributed by atoms with Crippen molar-refractivity contribution in [3.05, 3.63) is 0 Å². The van der Waals surface area contributed by atoms with Crippen LogP contribution in [0, 0.1) is 5.92 Å². The molecule has 0 aliphatic carbocycles. The highest BCUT2D eigenvalue weighted by molar-refractivity contribution is 5.77. The summed E-state index contributed by atoms with van der Waals surface area (Å²) in [6, 6.07) is 0. The Morgan fingerprint density at radius 2 is 2.00 bits per heavy atom. The number of nitrogens with one attached hydrogen (secondary N) is 1. The lowest BCUT2D eigenvalue weighted by molar-refractivity contribution is -0.127. The topological polar surface area (TPSA) is 35.6 Å². The molecular weight excluding hydrogens is 202 g/mol. The summed E-state index contributed by atoms with van der Waals surface area (Å²) in [6.45, 7) is 7.26. The summed E-state index contributed by atoms with van der Waals surface area (Å²) in [5, 5.41) is 3.26. The molecular formula is C12H25N3O. The molecule has 0 unspecified atom stereocenters. The highest BCUT2D eigenvalue weighted by Crippen LogP contribution is 2.15. The van der Waals surface area contributed by atoms with Gasteiger partial charge in [-0.15, -0.1) is 0 Å². The van der Waals surface area contributed by atoms with Crippen LogP contribution in [0.2, 0.25) is 0 Å². The van der Waals surface area contributed by atoms with E-state index in [2.05, 4.69) is 17.1 Å². The molecule has 1 heterocycles. The molecule has 94 valence electrons. The zero-order valence-electron chi connectivity index (χ0n) is 10.8. The van der Waals surface area contributed by atoms with E-state index in [0.29, 0.717) is 6.54 Å². The Hall–Kier alpha value is -0.610. The van der Waals surface area contributed by atoms with E-state index in [1.54, 1.807) is 19.0 Å². The smallest absolute Gasteiger partial charge is 0.236 e. The second-order valence-corrected chi connectivity index (χ2v) is 4.80. The van der Waals surface area contributed by atoms with Gasteiger partial charge in [0.1, 0.15) is 0 Å². The van der Waals surface area contributed by atoms with Crippen LogP contribution in [-0.2, 0) is 4.79 Å². The van der Waals surface area contributed by atoms with Crippen LogP contribution in [0.25, 0.3) is 0 Å². The van der Waals surface area contributed by atoms with Crippen molar-refractivity contribution in [2.24, 2.45) is 5.92 Å². The summed E-state index contributed by atoms with van der Waals surface area (Å²) in [5.74, 6) is 0.906. The van der Waals surface area contributed by atoms with Crippen molar-refractivity contribution in [2.45, 2.75) is 19.8 Å². The van der Waals surface area contributed by atoms with Crippen molar-refractivity contribution >= 4 is 5.91 Å². The molecule has 0 atom stereocenters. The number of likely N-dealkylation sites (N-methyl/N-ethyl adjacent to an activating group) is 1. The predicted octanol–water partition coefficient (Wildman–Crippen LogP) is 0.396. The zero-order chi connectivity index (χ0) is 12.0. The van der Waals surface area contributed by atoms with Gasteiger partial charge in [-0.25, -0.2) is 0 Å². The Labute approximate surface area is 99.0 Å². The lowest BCUT2D eigenvalue weighted by atomic mass is 9.97. The number of amides is 1. The molecule has 0 aromatic rings. The number of nitrogens with zero attached hydrogens (tertiary/aromatic N) is 2. The molecule has 1 N–H and O–H groups in total. The third-order valence-corrected chi connectivity index (χ3v) is 3.36. The fraction of sp³-hybridized carbons (Fsp3) is 0.917. The third-order valence-electron chi connectivity index (χ3n) is 3.36. The van der Waals surface area contributed by atoms with Gasteiger partial charge in [0.2, 0.25) is 5.91 Å². The molecule has 16 heavy (non-hydrogen) atoms. The minimum absolute atomic E-state index is 0.158. The highest BCUT2D eigenvalue weighted by Gasteiger charge is 2.17. The molecule has 0 aromatic carbocycles. The van der Waals surface area contributed by atoms with Crippen LogP contribution in [0.4, 0.5) is 0 Å². The van der Waals surface area contributed by atoms with Crippen LogP contribution in [-0.4, -0.2) is 62.5 Å². The fourth-order valence-corrected chi connectivity index (χ4v) is 2.05. The number of likely N-dealkylation sites (tertiary alicyclic amines) is 1. The first-order valence-electron chi connectivity index (χ1n) is 6.26. The van der Waals surface area contributed by atoms with Crippen molar-refractivity contribution in [3.63, 3.8) is 0 Å². The quantitative estimate of drug-likeness (QED) is 0.738. The van der Waals surface area contributed by atoms with E-state index >= 15 is 0 Å². The average Bonchev–Trinajstić information content (AvgIpc) is 2.29. The monoisotopic (exact) mass is 227 g/mol. The van der Waals surface area contributed by atoms with Crippen LogP contribution < -0.4 is 5.32 Å². The number of carbonyl (C=O) groups excluding carboxylic acids is 1. The Bertz CT molecular complexity index is 210. The van der Waals surface area contributed by atoms with Gasteiger partial charge in [-0.1, -0.05) is 6.92 Å². The first kappa shape index (κ1) is 13.5. The summed E-state index contributed by atoms with van der Waals surface area (Å²) in [6.07, 6.45) is 2.52. The molecule has 4 nitrogen and oxygen atoms in total. The van der Waals surface area contributed by atoms with E-state index in [-0.39, 0.29) is 5.91 Å². The molecule has 0 spiro atoms. The van der Waals surface area contributed by atoms with Gasteiger partial charge in [-0.05, 0) is 44.9 Å². The number of hydrogen-bond acceptors (Lipinski definition) is 3. The van der Waals surface area contributed by atoms with Gasteiger partial charge in [0.25, 0.3) is 0 Å². The van der Waals surface area contributed by atoms with E-state index in [1.807, 2.05) is 0 Å². The summed E-state index contributed by atoms with van der Waals surface area (Å²) in [7, 11) is 3.59. The maximum Gasteiger partial charge on any atom is 0.236 e. The highest BCUT2D eigenvalue weighted by atomic mass is 16.2. The van der Waals surface area contributed by atoms with Gasteiger partial charge in [0, 0.05) is 14.1 Å². The standard InChI is InChI=1S/C12H25N3O/c1-4-15-7-5-11(6-8-15)9-13-10-12(16)14(2)3/h11,13H,4-10H2,1-3H3. The number of carbonyl (C=O) groups is 1. The summed E-state index contributed by atoms with van der Waals surface area (Å²) < 4.78 is 0. The lowest BCUT2D eigenvalue weighted by Crippen LogP contribution is -2.39. The van der Waals surface area contributed by atoms with Crippen molar-refractivity contribution in [3.8, 4) is 0 Å². The van der Waals surface area contributed by atoms with Crippen molar-refractivity contribution < 1.29 is 4.79 Å². The van der Waals surface area contributed by atoms with Crippen molar-refractivity contribution in [1.29, 1.82) is 0 Å². The summed E-state index contributed by atoms with van der Waals surface area (Å²) in [5.41, 5.74) is 0. The second kappa shape index (κ2) is 6.86. The fourth-order valence-electron chi connectivity index (χ4n) is 2.05. The van der Waals surface area contributed by atoms with Crippen molar-refractivity contribution in [2.75, 3.05) is 46.8 Å². The molecule has 1 aliphatic rings. The first-order chi connectivity index (χ1) is 7.63. The molecule has 1 aliphatic heterocycles. The maximum atomic E-state index is 11.3. The normalized spacial score (nSPS) is 18.7. The van der Waals surface area contributed by atoms with Gasteiger partial charge >= 0.3 is 0 Å². The molecule has 4 heteroatoms. The van der Waals surface area contributed by atoms with Gasteiger partial charge in [-0.2, -0.15) is 0 Å². The van der Waals surface area contributed by atoms with Gasteiger partial charge in [-0.3, -0.25) is 4.79 Å². The van der Waals surface area contributed by atoms with E-state index in [9.17, 15) is 4.79 Å². The predicted molar refractivity (Wildman–Crippen MR) is 66.4 cm³/mol. The van der Waals surface area contributed by atoms with E-state index in [0.717, 1.165) is 12.5 Å². The lowest BCUT2D eigenvalue weighted by Gasteiger charge is -2.31. The largest absolute Gasteiger partial charge is 0.348 e. The van der Waals surface area contributed by atoms with Gasteiger partial charge in [0.15, 0.2) is 0 Å². The third kappa shape index (κ3) is 4.49. The molecule has 0 aromatic heterocycles. The van der Waals surface area contributed by atoms with Crippen molar-refractivity contribution in [1.82, 2.24) is 15.1 Å². The van der Waals surface area contributed by atoms with Crippen LogP contribution in [0.1, 0.15) is 19.8 Å². The Kier molecular flexibility index (Phi) is 5.77. The molecule has 1 fully saturated rings. The maximum absolute atomic E-state index is 11.3. The van der Waals surface area contributed by atoms with E-state index in [1.165, 1.54) is 32.5 Å². The molecule has 0 saturated carbocycles. The van der Waals surface area contributed by atoms with Crippen LogP contribution >= 0.6 is 0 Å². The van der Waals surface area contributed by atoms with E-state index in [4.69, 9.17) is 0 Å². The molecule has 0 bridgehead atoms.